The van der Waals surface area contributed by atoms with Crippen molar-refractivity contribution in [3.8, 4) is 0 Å². The fourth-order valence-corrected chi connectivity index (χ4v) is 1.77. The summed E-state index contributed by atoms with van der Waals surface area (Å²) in [5, 5.41) is 8.69. The summed E-state index contributed by atoms with van der Waals surface area (Å²) < 4.78 is 0. The van der Waals surface area contributed by atoms with Crippen LogP contribution < -0.4 is 0 Å². The average Bonchev–Trinajstić information content (AvgIpc) is 2.62. The van der Waals surface area contributed by atoms with Crippen molar-refractivity contribution in [2.45, 2.75) is 52.0 Å². The van der Waals surface area contributed by atoms with Crippen molar-refractivity contribution in [1.29, 1.82) is 0 Å². The van der Waals surface area contributed by atoms with E-state index >= 15 is 0 Å². The quantitative estimate of drug-likeness (QED) is 0.708. The number of aliphatic imine (C=N–C) groups is 1. The highest BCUT2D eigenvalue weighted by Gasteiger charge is 2.15. The minimum Gasteiger partial charge on any atom is -0.478 e. The number of hydrogen-bond donors (Lipinski definition) is 1. The van der Waals surface area contributed by atoms with Crippen molar-refractivity contribution in [2.75, 3.05) is 0 Å². The molecule has 1 heterocycles. The minimum atomic E-state index is -0.828. The van der Waals surface area contributed by atoms with Crippen molar-refractivity contribution in [1.82, 2.24) is 0 Å². The van der Waals surface area contributed by atoms with Gasteiger partial charge in [0, 0.05) is 11.3 Å². The van der Waals surface area contributed by atoms with E-state index in [1.165, 1.54) is 5.71 Å². The largest absolute Gasteiger partial charge is 0.478 e. The SMILES string of the molecule is CCCC1=NC(CC=C(C)C(=O)O)CC1. The monoisotopic (exact) mass is 209 g/mol. The van der Waals surface area contributed by atoms with Crippen LogP contribution in [0.1, 0.15) is 46.0 Å². The molecule has 0 saturated carbocycles. The number of aliphatic carboxylic acids is 1. The van der Waals surface area contributed by atoms with Gasteiger partial charge in [-0.3, -0.25) is 4.99 Å². The Kier molecular flexibility index (Phi) is 4.53. The molecule has 0 aromatic rings. The maximum atomic E-state index is 10.6. The summed E-state index contributed by atoms with van der Waals surface area (Å²) in [4.78, 5) is 15.2. The van der Waals surface area contributed by atoms with Crippen LogP contribution in [0.15, 0.2) is 16.6 Å². The lowest BCUT2D eigenvalue weighted by atomic mass is 10.1. The van der Waals surface area contributed by atoms with Crippen LogP contribution in [0.5, 0.6) is 0 Å². The molecule has 1 aliphatic heterocycles. The summed E-state index contributed by atoms with van der Waals surface area (Å²) >= 11 is 0. The number of carboxylic acids is 1. The molecule has 0 spiro atoms. The molecule has 1 aliphatic rings. The van der Waals surface area contributed by atoms with Crippen LogP contribution in [-0.2, 0) is 4.79 Å². The molecule has 84 valence electrons. The van der Waals surface area contributed by atoms with Crippen molar-refractivity contribution >= 4 is 11.7 Å². The predicted octanol–water partition coefficient (Wildman–Crippen LogP) is 2.81. The lowest BCUT2D eigenvalue weighted by Gasteiger charge is -2.01. The molecule has 0 bridgehead atoms. The van der Waals surface area contributed by atoms with Gasteiger partial charge >= 0.3 is 5.97 Å². The molecule has 1 unspecified atom stereocenters. The lowest BCUT2D eigenvalue weighted by molar-refractivity contribution is -0.132. The van der Waals surface area contributed by atoms with Crippen molar-refractivity contribution in [3.63, 3.8) is 0 Å². The molecular weight excluding hydrogens is 190 g/mol. The van der Waals surface area contributed by atoms with Crippen LogP contribution in [0, 0.1) is 0 Å². The van der Waals surface area contributed by atoms with E-state index in [2.05, 4.69) is 11.9 Å². The smallest absolute Gasteiger partial charge is 0.330 e. The van der Waals surface area contributed by atoms with E-state index in [0.29, 0.717) is 11.6 Å². The van der Waals surface area contributed by atoms with Gasteiger partial charge in [0.15, 0.2) is 0 Å². The number of carbonyl (C=O) groups is 1. The second kappa shape index (κ2) is 5.69. The Balaban J connectivity index is 2.42. The molecule has 0 aliphatic carbocycles. The van der Waals surface area contributed by atoms with Gasteiger partial charge in [-0.1, -0.05) is 19.4 Å². The van der Waals surface area contributed by atoms with Gasteiger partial charge in [0.25, 0.3) is 0 Å². The summed E-state index contributed by atoms with van der Waals surface area (Å²) in [6.07, 6.45) is 6.97. The number of nitrogens with zero attached hydrogens (tertiary/aromatic N) is 1. The molecule has 1 rings (SSSR count). The third-order valence-electron chi connectivity index (χ3n) is 2.70. The van der Waals surface area contributed by atoms with Gasteiger partial charge in [0.2, 0.25) is 0 Å². The Bertz CT molecular complexity index is 292. The summed E-state index contributed by atoms with van der Waals surface area (Å²) in [6.45, 7) is 3.79. The van der Waals surface area contributed by atoms with Gasteiger partial charge in [0.1, 0.15) is 0 Å². The molecule has 1 N–H and O–H groups in total. The second-order valence-corrected chi connectivity index (χ2v) is 4.07. The van der Waals surface area contributed by atoms with Gasteiger partial charge in [0.05, 0.1) is 6.04 Å². The van der Waals surface area contributed by atoms with Crippen LogP contribution in [0.25, 0.3) is 0 Å². The van der Waals surface area contributed by atoms with Gasteiger partial charge in [-0.2, -0.15) is 0 Å². The molecule has 3 heteroatoms. The Morgan fingerprint density at radius 1 is 1.67 bits per heavy atom. The fraction of sp³-hybridized carbons (Fsp3) is 0.667. The zero-order valence-electron chi connectivity index (χ0n) is 9.49. The van der Waals surface area contributed by atoms with Gasteiger partial charge in [-0.15, -0.1) is 0 Å². The van der Waals surface area contributed by atoms with Gasteiger partial charge in [-0.25, -0.2) is 4.79 Å². The summed E-state index contributed by atoms with van der Waals surface area (Å²) in [6, 6.07) is 0.320. The minimum absolute atomic E-state index is 0.320. The Hall–Kier alpha value is -1.12. The average molecular weight is 209 g/mol. The van der Waals surface area contributed by atoms with E-state index in [9.17, 15) is 4.79 Å². The Labute approximate surface area is 90.9 Å². The highest BCUT2D eigenvalue weighted by Crippen LogP contribution is 2.19. The molecule has 0 fully saturated rings. The van der Waals surface area contributed by atoms with Crippen LogP contribution in [0.2, 0.25) is 0 Å². The standard InChI is InChI=1S/C12H19NO2/c1-3-4-10-7-8-11(13-10)6-5-9(2)12(14)15/h5,11H,3-4,6-8H2,1-2H3,(H,14,15). The first-order valence-electron chi connectivity index (χ1n) is 5.59. The first kappa shape index (κ1) is 12.0. The maximum Gasteiger partial charge on any atom is 0.330 e. The van der Waals surface area contributed by atoms with Crippen molar-refractivity contribution in [2.24, 2.45) is 4.99 Å². The van der Waals surface area contributed by atoms with E-state index in [1.54, 1.807) is 13.0 Å². The van der Waals surface area contributed by atoms with Crippen LogP contribution in [0.3, 0.4) is 0 Å². The first-order chi connectivity index (χ1) is 7.13. The molecule has 0 saturated heterocycles. The second-order valence-electron chi connectivity index (χ2n) is 4.07. The molecule has 0 radical (unpaired) electrons. The predicted molar refractivity (Wildman–Crippen MR) is 61.4 cm³/mol. The third kappa shape index (κ3) is 3.86. The van der Waals surface area contributed by atoms with Crippen LogP contribution >= 0.6 is 0 Å². The molecule has 15 heavy (non-hydrogen) atoms. The zero-order chi connectivity index (χ0) is 11.3. The highest BCUT2D eigenvalue weighted by atomic mass is 16.4. The zero-order valence-corrected chi connectivity index (χ0v) is 9.49. The van der Waals surface area contributed by atoms with E-state index < -0.39 is 5.97 Å². The highest BCUT2D eigenvalue weighted by molar-refractivity contribution is 5.86. The topological polar surface area (TPSA) is 49.7 Å². The number of carboxylic acid groups (broad SMARTS) is 1. The molecule has 0 aromatic heterocycles. The Morgan fingerprint density at radius 3 is 3.00 bits per heavy atom. The van der Waals surface area contributed by atoms with E-state index in [-0.39, 0.29) is 0 Å². The molecule has 0 aromatic carbocycles. The van der Waals surface area contributed by atoms with Gasteiger partial charge in [-0.05, 0) is 32.6 Å². The van der Waals surface area contributed by atoms with Crippen molar-refractivity contribution in [3.05, 3.63) is 11.6 Å². The van der Waals surface area contributed by atoms with Crippen molar-refractivity contribution < 1.29 is 9.90 Å². The molecular formula is C12H19NO2. The number of rotatable bonds is 5. The normalized spacial score (nSPS) is 21.6. The summed E-state index contributed by atoms with van der Waals surface area (Å²) in [5.74, 6) is -0.828. The number of hydrogen-bond acceptors (Lipinski definition) is 2. The van der Waals surface area contributed by atoms with Crippen LogP contribution in [0.4, 0.5) is 0 Å². The summed E-state index contributed by atoms with van der Waals surface area (Å²) in [7, 11) is 0. The molecule has 3 nitrogen and oxygen atoms in total. The van der Waals surface area contributed by atoms with Crippen LogP contribution in [-0.4, -0.2) is 22.8 Å². The lowest BCUT2D eigenvalue weighted by Crippen LogP contribution is -2.00. The molecule has 0 amide bonds. The fourth-order valence-electron chi connectivity index (χ4n) is 1.77. The molecule has 1 atom stereocenters. The Morgan fingerprint density at radius 2 is 2.40 bits per heavy atom. The third-order valence-corrected chi connectivity index (χ3v) is 2.70. The van der Waals surface area contributed by atoms with E-state index in [4.69, 9.17) is 5.11 Å². The maximum absolute atomic E-state index is 10.6. The van der Waals surface area contributed by atoms with Gasteiger partial charge < -0.3 is 5.11 Å². The first-order valence-corrected chi connectivity index (χ1v) is 5.59. The van der Waals surface area contributed by atoms with E-state index in [1.807, 2.05) is 0 Å². The summed E-state index contributed by atoms with van der Waals surface area (Å²) in [5.41, 5.74) is 1.73. The van der Waals surface area contributed by atoms with E-state index in [0.717, 1.165) is 32.1 Å².